The number of hydrazone groups is 1. The van der Waals surface area contributed by atoms with Gasteiger partial charge in [-0.1, -0.05) is 0 Å². The molecule has 108 valence electrons. The number of ether oxygens (including phenoxy) is 2. The highest BCUT2D eigenvalue weighted by molar-refractivity contribution is 6.04. The van der Waals surface area contributed by atoms with E-state index in [4.69, 9.17) is 14.6 Å². The molecule has 0 aromatic heterocycles. The van der Waals surface area contributed by atoms with E-state index in [0.29, 0.717) is 6.79 Å². The quantitative estimate of drug-likeness (QED) is 0.861. The highest BCUT2D eigenvalue weighted by atomic mass is 16.7. The maximum absolute atomic E-state index is 5.46. The lowest BCUT2D eigenvalue weighted by atomic mass is 10.1. The maximum Gasteiger partial charge on any atom is 0.231 e. The van der Waals surface area contributed by atoms with E-state index in [9.17, 15) is 0 Å². The van der Waals surface area contributed by atoms with E-state index >= 15 is 0 Å². The molecule has 2 aliphatic heterocycles. The summed E-state index contributed by atoms with van der Waals surface area (Å²) in [6, 6.07) is 3.99. The smallest absolute Gasteiger partial charge is 0.231 e. The first-order valence-corrected chi connectivity index (χ1v) is 7.20. The van der Waals surface area contributed by atoms with Crippen LogP contribution in [0.1, 0.15) is 31.7 Å². The topological polar surface area (TPSA) is 46.1 Å². The van der Waals surface area contributed by atoms with E-state index in [1.54, 1.807) is 0 Å². The van der Waals surface area contributed by atoms with Gasteiger partial charge >= 0.3 is 0 Å². The van der Waals surface area contributed by atoms with Gasteiger partial charge in [0.2, 0.25) is 6.79 Å². The van der Waals surface area contributed by atoms with E-state index < -0.39 is 0 Å². The first-order chi connectivity index (χ1) is 9.78. The van der Waals surface area contributed by atoms with E-state index in [-0.39, 0.29) is 0 Å². The van der Waals surface area contributed by atoms with Crippen LogP contribution in [0.2, 0.25) is 0 Å². The lowest BCUT2D eigenvalue weighted by Gasteiger charge is -2.24. The van der Waals surface area contributed by atoms with E-state index in [1.807, 2.05) is 26.1 Å². The molecule has 0 amide bonds. The molecule has 1 saturated heterocycles. The fourth-order valence-corrected chi connectivity index (χ4v) is 2.69. The van der Waals surface area contributed by atoms with Crippen LogP contribution in [0.3, 0.4) is 0 Å². The van der Waals surface area contributed by atoms with Gasteiger partial charge in [0.25, 0.3) is 0 Å². The summed E-state index contributed by atoms with van der Waals surface area (Å²) < 4.78 is 10.9. The Balaban J connectivity index is 1.89. The molecular formula is C15H21N3O2. The SMILES string of the molecule is CNc1cc2c(cc1/C(C)=N\N1CCCCC1)OCO2. The molecule has 0 bridgehead atoms. The number of piperidine rings is 1. The number of fused-ring (bicyclic) bond motifs is 1. The average Bonchev–Trinajstić information content (AvgIpc) is 2.94. The number of hydrogen-bond acceptors (Lipinski definition) is 5. The molecule has 1 fully saturated rings. The van der Waals surface area contributed by atoms with Crippen LogP contribution in [0, 0.1) is 0 Å². The summed E-state index contributed by atoms with van der Waals surface area (Å²) in [4.78, 5) is 0. The molecule has 0 spiro atoms. The molecule has 5 heteroatoms. The molecule has 0 radical (unpaired) electrons. The molecule has 0 atom stereocenters. The van der Waals surface area contributed by atoms with Crippen molar-refractivity contribution in [1.82, 2.24) is 5.01 Å². The zero-order chi connectivity index (χ0) is 13.9. The van der Waals surface area contributed by atoms with Crippen LogP contribution in [0.25, 0.3) is 0 Å². The van der Waals surface area contributed by atoms with Gasteiger partial charge in [0, 0.05) is 37.5 Å². The Labute approximate surface area is 119 Å². The lowest BCUT2D eigenvalue weighted by molar-refractivity contribution is 0.174. The second-order valence-corrected chi connectivity index (χ2v) is 5.20. The molecule has 1 aromatic carbocycles. The Morgan fingerprint density at radius 3 is 2.55 bits per heavy atom. The molecule has 20 heavy (non-hydrogen) atoms. The van der Waals surface area contributed by atoms with Crippen LogP contribution < -0.4 is 14.8 Å². The summed E-state index contributed by atoms with van der Waals surface area (Å²) in [5.74, 6) is 1.59. The molecule has 0 saturated carbocycles. The van der Waals surface area contributed by atoms with Crippen LogP contribution in [-0.2, 0) is 0 Å². The molecule has 2 aliphatic rings. The normalized spacial score (nSPS) is 18.3. The number of nitrogens with zero attached hydrogens (tertiary/aromatic N) is 2. The third-order valence-corrected chi connectivity index (χ3v) is 3.80. The summed E-state index contributed by atoms with van der Waals surface area (Å²) in [5.41, 5.74) is 3.10. The Morgan fingerprint density at radius 1 is 1.15 bits per heavy atom. The van der Waals surface area contributed by atoms with Gasteiger partial charge in [-0.05, 0) is 32.3 Å². The van der Waals surface area contributed by atoms with Crippen molar-refractivity contribution in [3.63, 3.8) is 0 Å². The Kier molecular flexibility index (Phi) is 3.67. The van der Waals surface area contributed by atoms with Crippen molar-refractivity contribution in [3.05, 3.63) is 17.7 Å². The third kappa shape index (κ3) is 2.53. The van der Waals surface area contributed by atoms with Gasteiger partial charge in [-0.2, -0.15) is 5.10 Å². The van der Waals surface area contributed by atoms with Crippen molar-refractivity contribution in [2.24, 2.45) is 5.10 Å². The number of hydrogen-bond donors (Lipinski definition) is 1. The molecule has 1 aromatic rings. The van der Waals surface area contributed by atoms with Gasteiger partial charge in [-0.15, -0.1) is 0 Å². The van der Waals surface area contributed by atoms with Gasteiger partial charge in [0.05, 0.1) is 5.71 Å². The van der Waals surface area contributed by atoms with Crippen molar-refractivity contribution in [1.29, 1.82) is 0 Å². The second kappa shape index (κ2) is 5.61. The fourth-order valence-electron chi connectivity index (χ4n) is 2.69. The molecule has 3 rings (SSSR count). The minimum Gasteiger partial charge on any atom is -0.454 e. The molecule has 5 nitrogen and oxygen atoms in total. The van der Waals surface area contributed by atoms with Crippen molar-refractivity contribution in [2.75, 3.05) is 32.2 Å². The number of nitrogens with one attached hydrogen (secondary N) is 1. The summed E-state index contributed by atoms with van der Waals surface area (Å²) in [6.45, 7) is 4.45. The third-order valence-electron chi connectivity index (χ3n) is 3.80. The van der Waals surface area contributed by atoms with Crippen LogP contribution >= 0.6 is 0 Å². The van der Waals surface area contributed by atoms with Crippen LogP contribution in [0.15, 0.2) is 17.2 Å². The highest BCUT2D eigenvalue weighted by Crippen LogP contribution is 2.37. The summed E-state index contributed by atoms with van der Waals surface area (Å²) in [5, 5.41) is 10.1. The summed E-state index contributed by atoms with van der Waals surface area (Å²) in [6.07, 6.45) is 3.78. The Morgan fingerprint density at radius 2 is 1.85 bits per heavy atom. The zero-order valence-electron chi connectivity index (χ0n) is 12.1. The number of benzene rings is 1. The van der Waals surface area contributed by atoms with Gasteiger partial charge in [-0.3, -0.25) is 5.01 Å². The maximum atomic E-state index is 5.46. The van der Waals surface area contributed by atoms with Gasteiger partial charge < -0.3 is 14.8 Å². The number of anilines is 1. The zero-order valence-corrected chi connectivity index (χ0v) is 12.1. The summed E-state index contributed by atoms with van der Waals surface area (Å²) >= 11 is 0. The van der Waals surface area contributed by atoms with Crippen molar-refractivity contribution >= 4 is 11.4 Å². The van der Waals surface area contributed by atoms with Gasteiger partial charge in [0.1, 0.15) is 0 Å². The standard InChI is InChI=1S/C15H21N3O2/c1-11(17-18-6-4-3-5-7-18)12-8-14-15(20-10-19-14)9-13(12)16-2/h8-9,16H,3-7,10H2,1-2H3/b17-11-. The van der Waals surface area contributed by atoms with Gasteiger partial charge in [-0.25, -0.2) is 0 Å². The largest absolute Gasteiger partial charge is 0.454 e. The Bertz CT molecular complexity index is 522. The minimum absolute atomic E-state index is 0.296. The highest BCUT2D eigenvalue weighted by Gasteiger charge is 2.18. The monoisotopic (exact) mass is 275 g/mol. The fraction of sp³-hybridized carbons (Fsp3) is 0.533. The van der Waals surface area contributed by atoms with E-state index in [2.05, 4.69) is 10.3 Å². The van der Waals surface area contributed by atoms with Crippen LogP contribution in [-0.4, -0.2) is 37.7 Å². The predicted molar refractivity (Wildman–Crippen MR) is 79.7 cm³/mol. The molecule has 0 aliphatic carbocycles. The van der Waals surface area contributed by atoms with Crippen molar-refractivity contribution < 1.29 is 9.47 Å². The minimum atomic E-state index is 0.296. The first-order valence-electron chi connectivity index (χ1n) is 7.20. The van der Waals surface area contributed by atoms with Crippen molar-refractivity contribution in [2.45, 2.75) is 26.2 Å². The average molecular weight is 275 g/mol. The van der Waals surface area contributed by atoms with E-state index in [0.717, 1.165) is 41.6 Å². The summed E-state index contributed by atoms with van der Waals surface area (Å²) in [7, 11) is 1.91. The first kappa shape index (κ1) is 13.1. The molecule has 1 N–H and O–H groups in total. The predicted octanol–water partition coefficient (Wildman–Crippen LogP) is 2.67. The Hall–Kier alpha value is -1.91. The van der Waals surface area contributed by atoms with E-state index in [1.165, 1.54) is 19.3 Å². The second-order valence-electron chi connectivity index (χ2n) is 5.20. The van der Waals surface area contributed by atoms with Crippen LogP contribution in [0.4, 0.5) is 5.69 Å². The lowest BCUT2D eigenvalue weighted by Crippen LogP contribution is -2.25. The van der Waals surface area contributed by atoms with Crippen molar-refractivity contribution in [3.8, 4) is 11.5 Å². The number of rotatable bonds is 3. The molecule has 0 unspecified atom stereocenters. The van der Waals surface area contributed by atoms with Gasteiger partial charge in [0.15, 0.2) is 11.5 Å². The van der Waals surface area contributed by atoms with Crippen LogP contribution in [0.5, 0.6) is 11.5 Å². The molecular weight excluding hydrogens is 254 g/mol. The molecule has 2 heterocycles.